The number of hydrogen-bond donors (Lipinski definition) is 2. The van der Waals surface area contributed by atoms with Gasteiger partial charge in [0.2, 0.25) is 0 Å². The summed E-state index contributed by atoms with van der Waals surface area (Å²) in [7, 11) is 0. The number of aliphatic imine (C=N–C) groups is 1. The minimum Gasteiger partial charge on any atom is -0.357 e. The Morgan fingerprint density at radius 3 is 2.71 bits per heavy atom. The fourth-order valence-corrected chi connectivity index (χ4v) is 3.71. The molecule has 2 heterocycles. The second-order valence-corrected chi connectivity index (χ2v) is 8.43. The summed E-state index contributed by atoms with van der Waals surface area (Å²) in [6.07, 6.45) is 1.96. The third-order valence-corrected chi connectivity index (χ3v) is 5.46. The molecule has 1 atom stereocenters. The third kappa shape index (κ3) is 6.63. The first-order chi connectivity index (χ1) is 13.2. The molecule has 6 nitrogen and oxygen atoms in total. The predicted molar refractivity (Wildman–Crippen MR) is 131 cm³/mol. The van der Waals surface area contributed by atoms with E-state index in [1.165, 1.54) is 4.90 Å². The second-order valence-electron chi connectivity index (χ2n) is 6.00. The van der Waals surface area contributed by atoms with Crippen LogP contribution in [0.25, 0.3) is 5.65 Å². The van der Waals surface area contributed by atoms with Gasteiger partial charge in [0.25, 0.3) is 0 Å². The summed E-state index contributed by atoms with van der Waals surface area (Å²) in [5.41, 5.74) is 0.833. The molecule has 3 aromatic rings. The molecule has 0 spiro atoms. The summed E-state index contributed by atoms with van der Waals surface area (Å²) in [5, 5.41) is 15.5. The number of nitrogens with zero attached hydrogens (tertiary/aromatic N) is 4. The Kier molecular flexibility index (Phi) is 9.52. The van der Waals surface area contributed by atoms with E-state index in [2.05, 4.69) is 79.9 Å². The number of nitrogens with one attached hydrogen (secondary N) is 2. The first-order valence-electron chi connectivity index (χ1n) is 8.88. The third-order valence-electron chi connectivity index (χ3n) is 3.82. The van der Waals surface area contributed by atoms with Gasteiger partial charge in [-0.3, -0.25) is 4.40 Å². The minimum atomic E-state index is 0. The van der Waals surface area contributed by atoms with Gasteiger partial charge in [-0.1, -0.05) is 28.9 Å². The summed E-state index contributed by atoms with van der Waals surface area (Å²) in [5.74, 6) is 1.61. The zero-order chi connectivity index (χ0) is 19.1. The van der Waals surface area contributed by atoms with E-state index in [9.17, 15) is 0 Å². The summed E-state index contributed by atoms with van der Waals surface area (Å²) < 4.78 is 3.05. The SMILES string of the molecule is CCNC(=NCc1nnc2ccccn12)NCC(C)Sc1ccc(Br)cc1.I. The van der Waals surface area contributed by atoms with Crippen LogP contribution >= 0.6 is 51.7 Å². The molecule has 0 radical (unpaired) electrons. The van der Waals surface area contributed by atoms with Crippen molar-refractivity contribution < 1.29 is 0 Å². The van der Waals surface area contributed by atoms with E-state index in [1.807, 2.05) is 40.6 Å². The molecule has 150 valence electrons. The van der Waals surface area contributed by atoms with E-state index in [4.69, 9.17) is 0 Å². The molecule has 0 bridgehead atoms. The monoisotopic (exact) mass is 574 g/mol. The zero-order valence-corrected chi connectivity index (χ0v) is 20.5. The van der Waals surface area contributed by atoms with E-state index in [0.29, 0.717) is 11.8 Å². The molecule has 3 rings (SSSR count). The topological polar surface area (TPSA) is 66.6 Å². The van der Waals surface area contributed by atoms with Crippen LogP contribution in [-0.2, 0) is 6.54 Å². The van der Waals surface area contributed by atoms with Crippen molar-refractivity contribution in [1.82, 2.24) is 25.2 Å². The highest BCUT2D eigenvalue weighted by Gasteiger charge is 2.08. The van der Waals surface area contributed by atoms with Crippen LogP contribution in [0.15, 0.2) is 63.0 Å². The van der Waals surface area contributed by atoms with Crippen molar-refractivity contribution in [2.75, 3.05) is 13.1 Å². The quantitative estimate of drug-likeness (QED) is 0.190. The fourth-order valence-electron chi connectivity index (χ4n) is 2.52. The molecular weight excluding hydrogens is 551 g/mol. The lowest BCUT2D eigenvalue weighted by Gasteiger charge is -2.15. The van der Waals surface area contributed by atoms with Gasteiger partial charge in [-0.15, -0.1) is 45.9 Å². The van der Waals surface area contributed by atoms with Crippen LogP contribution in [0.2, 0.25) is 0 Å². The standard InChI is InChI=1S/C19H23BrN6S.HI/c1-3-21-19(22-12-14(2)27-16-9-7-15(20)8-10-16)23-13-18-25-24-17-6-4-5-11-26(17)18;/h4-11,14H,3,12-13H2,1-2H3,(H2,21,22,23);1H. The molecule has 2 aromatic heterocycles. The van der Waals surface area contributed by atoms with Crippen molar-refractivity contribution in [3.63, 3.8) is 0 Å². The second kappa shape index (κ2) is 11.6. The van der Waals surface area contributed by atoms with Gasteiger partial charge in [0.05, 0.1) is 0 Å². The molecule has 9 heteroatoms. The number of benzene rings is 1. The van der Waals surface area contributed by atoms with Crippen LogP contribution in [0.1, 0.15) is 19.7 Å². The van der Waals surface area contributed by atoms with E-state index in [0.717, 1.165) is 35.0 Å². The molecule has 0 aliphatic rings. The van der Waals surface area contributed by atoms with E-state index in [-0.39, 0.29) is 24.0 Å². The van der Waals surface area contributed by atoms with Crippen molar-refractivity contribution in [2.24, 2.45) is 4.99 Å². The molecule has 2 N–H and O–H groups in total. The van der Waals surface area contributed by atoms with Gasteiger partial charge in [-0.2, -0.15) is 0 Å². The van der Waals surface area contributed by atoms with Crippen molar-refractivity contribution in [1.29, 1.82) is 0 Å². The lowest BCUT2D eigenvalue weighted by Crippen LogP contribution is -2.40. The largest absolute Gasteiger partial charge is 0.357 e. The van der Waals surface area contributed by atoms with Crippen molar-refractivity contribution in [3.8, 4) is 0 Å². The summed E-state index contributed by atoms with van der Waals surface area (Å²) in [6.45, 7) is 6.35. The number of hydrogen-bond acceptors (Lipinski definition) is 4. The molecule has 0 aliphatic heterocycles. The van der Waals surface area contributed by atoms with Gasteiger partial charge in [0, 0.05) is 33.9 Å². The Hall–Kier alpha value is -1.33. The Morgan fingerprint density at radius 1 is 1.18 bits per heavy atom. The molecule has 0 aliphatic carbocycles. The predicted octanol–water partition coefficient (Wildman–Crippen LogP) is 4.35. The van der Waals surface area contributed by atoms with E-state index < -0.39 is 0 Å². The number of rotatable bonds is 7. The summed E-state index contributed by atoms with van der Waals surface area (Å²) in [4.78, 5) is 5.91. The Bertz CT molecular complexity index is 899. The highest BCUT2D eigenvalue weighted by molar-refractivity contribution is 14.0. The van der Waals surface area contributed by atoms with Gasteiger partial charge >= 0.3 is 0 Å². The molecule has 28 heavy (non-hydrogen) atoms. The van der Waals surface area contributed by atoms with Crippen LogP contribution in [0.4, 0.5) is 0 Å². The van der Waals surface area contributed by atoms with E-state index >= 15 is 0 Å². The lowest BCUT2D eigenvalue weighted by atomic mass is 10.4. The first kappa shape index (κ1) is 23.0. The number of guanidine groups is 1. The molecule has 0 saturated heterocycles. The van der Waals surface area contributed by atoms with Crippen LogP contribution in [-0.4, -0.2) is 38.9 Å². The molecular formula is C19H24BrIN6S. The summed E-state index contributed by atoms with van der Waals surface area (Å²) >= 11 is 5.31. The first-order valence-corrected chi connectivity index (χ1v) is 10.6. The highest BCUT2D eigenvalue weighted by atomic mass is 127. The number of pyridine rings is 1. The Balaban J connectivity index is 0.00000280. The molecule has 1 unspecified atom stereocenters. The average Bonchev–Trinajstić information content (AvgIpc) is 3.09. The van der Waals surface area contributed by atoms with Gasteiger partial charge in [0.15, 0.2) is 17.4 Å². The smallest absolute Gasteiger partial charge is 0.191 e. The lowest BCUT2D eigenvalue weighted by molar-refractivity contribution is 0.784. The van der Waals surface area contributed by atoms with Crippen LogP contribution < -0.4 is 10.6 Å². The normalized spacial score (nSPS) is 12.5. The van der Waals surface area contributed by atoms with Crippen LogP contribution in [0, 0.1) is 0 Å². The van der Waals surface area contributed by atoms with Crippen LogP contribution in [0.3, 0.4) is 0 Å². The minimum absolute atomic E-state index is 0. The highest BCUT2D eigenvalue weighted by Crippen LogP contribution is 2.24. The van der Waals surface area contributed by atoms with Crippen molar-refractivity contribution in [3.05, 3.63) is 59.0 Å². The maximum Gasteiger partial charge on any atom is 0.191 e. The number of fused-ring (bicyclic) bond motifs is 1. The zero-order valence-electron chi connectivity index (χ0n) is 15.8. The van der Waals surface area contributed by atoms with Crippen molar-refractivity contribution >= 4 is 63.3 Å². The van der Waals surface area contributed by atoms with Crippen LogP contribution in [0.5, 0.6) is 0 Å². The molecule has 0 saturated carbocycles. The van der Waals surface area contributed by atoms with Crippen molar-refractivity contribution in [2.45, 2.75) is 30.5 Å². The Morgan fingerprint density at radius 2 is 1.96 bits per heavy atom. The summed E-state index contributed by atoms with van der Waals surface area (Å²) in [6, 6.07) is 14.2. The fraction of sp³-hybridized carbons (Fsp3) is 0.316. The average molecular weight is 575 g/mol. The Labute approximate surface area is 195 Å². The maximum absolute atomic E-state index is 4.65. The number of thioether (sulfide) groups is 1. The van der Waals surface area contributed by atoms with Gasteiger partial charge in [-0.25, -0.2) is 4.99 Å². The number of aromatic nitrogens is 3. The maximum atomic E-state index is 4.65. The molecule has 1 aromatic carbocycles. The van der Waals surface area contributed by atoms with Gasteiger partial charge in [0.1, 0.15) is 6.54 Å². The van der Waals surface area contributed by atoms with E-state index in [1.54, 1.807) is 0 Å². The van der Waals surface area contributed by atoms with Gasteiger partial charge < -0.3 is 10.6 Å². The molecule has 0 fully saturated rings. The number of halogens is 2. The molecule has 0 amide bonds. The van der Waals surface area contributed by atoms with Gasteiger partial charge in [-0.05, 0) is 43.3 Å².